The van der Waals surface area contributed by atoms with Gasteiger partial charge in [0.2, 0.25) is 0 Å². The van der Waals surface area contributed by atoms with Gasteiger partial charge in [-0.25, -0.2) is 4.99 Å². The highest BCUT2D eigenvalue weighted by Crippen LogP contribution is 2.43. The Morgan fingerprint density at radius 2 is 1.78 bits per heavy atom. The number of carbonyl (C=O) groups is 1. The zero-order chi connectivity index (χ0) is 15.7. The number of hydrogen-bond donors (Lipinski definition) is 0. The second-order valence-electron chi connectivity index (χ2n) is 6.28. The summed E-state index contributed by atoms with van der Waals surface area (Å²) in [5, 5.41) is 2.18. The molecule has 3 aromatic carbocycles. The summed E-state index contributed by atoms with van der Waals surface area (Å²) in [5.41, 5.74) is 5.81. The van der Waals surface area contributed by atoms with Gasteiger partial charge in [-0.2, -0.15) is 0 Å². The van der Waals surface area contributed by atoms with Crippen LogP contribution in [-0.4, -0.2) is 11.7 Å². The number of rotatable bonds is 0. The van der Waals surface area contributed by atoms with Gasteiger partial charge in [0.25, 0.3) is 5.91 Å². The van der Waals surface area contributed by atoms with Crippen molar-refractivity contribution < 1.29 is 4.79 Å². The predicted molar refractivity (Wildman–Crippen MR) is 92.9 cm³/mol. The second-order valence-corrected chi connectivity index (χ2v) is 6.28. The predicted octanol–water partition coefficient (Wildman–Crippen LogP) is 4.51. The lowest BCUT2D eigenvalue weighted by Gasteiger charge is -2.24. The minimum absolute atomic E-state index is 0.0150. The lowest BCUT2D eigenvalue weighted by atomic mass is 10.0. The zero-order valence-corrected chi connectivity index (χ0v) is 12.9. The number of fused-ring (bicyclic) bond motifs is 4. The van der Waals surface area contributed by atoms with E-state index in [4.69, 9.17) is 4.99 Å². The maximum atomic E-state index is 12.9. The van der Waals surface area contributed by atoms with Crippen LogP contribution in [0.4, 0.5) is 11.4 Å². The molecule has 110 valence electrons. The molecule has 3 heteroatoms. The normalized spacial score (nSPS) is 14.8. The summed E-state index contributed by atoms with van der Waals surface area (Å²) in [6, 6.07) is 16.3. The largest absolute Gasteiger partial charge is 0.268 e. The van der Waals surface area contributed by atoms with E-state index in [1.165, 1.54) is 5.56 Å². The Morgan fingerprint density at radius 3 is 2.65 bits per heavy atom. The van der Waals surface area contributed by atoms with E-state index in [-0.39, 0.29) is 5.91 Å². The Balaban J connectivity index is 1.90. The van der Waals surface area contributed by atoms with Gasteiger partial charge in [-0.05, 0) is 43.0 Å². The van der Waals surface area contributed by atoms with Crippen molar-refractivity contribution in [1.82, 2.24) is 0 Å². The van der Waals surface area contributed by atoms with Gasteiger partial charge in [0.05, 0.1) is 16.9 Å². The zero-order valence-electron chi connectivity index (χ0n) is 12.9. The van der Waals surface area contributed by atoms with Gasteiger partial charge >= 0.3 is 0 Å². The summed E-state index contributed by atoms with van der Waals surface area (Å²) in [6.45, 7) is 4.08. The summed E-state index contributed by atoms with van der Waals surface area (Å²) in [5.74, 6) is 0.761. The van der Waals surface area contributed by atoms with Crippen LogP contribution in [0.3, 0.4) is 0 Å². The van der Waals surface area contributed by atoms with Crippen LogP contribution in [0.2, 0.25) is 0 Å². The molecule has 0 bridgehead atoms. The van der Waals surface area contributed by atoms with Crippen LogP contribution in [0, 0.1) is 13.8 Å². The molecule has 0 aliphatic carbocycles. The molecular weight excluding hydrogens is 284 g/mol. The number of nitrogens with zero attached hydrogens (tertiary/aromatic N) is 2. The molecule has 1 amide bonds. The minimum Gasteiger partial charge on any atom is -0.268 e. The topological polar surface area (TPSA) is 32.7 Å². The SMILES string of the molecule is Cc1ccc2c(c1)C(=O)N1C2=Nc2cc(C)cc3cccc1c23. The summed E-state index contributed by atoms with van der Waals surface area (Å²) in [6.07, 6.45) is 0. The molecule has 0 saturated carbocycles. The van der Waals surface area contributed by atoms with Crippen molar-refractivity contribution in [1.29, 1.82) is 0 Å². The summed E-state index contributed by atoms with van der Waals surface area (Å²) >= 11 is 0. The van der Waals surface area contributed by atoms with E-state index in [0.717, 1.165) is 44.7 Å². The van der Waals surface area contributed by atoms with Gasteiger partial charge in [0.1, 0.15) is 5.84 Å². The minimum atomic E-state index is 0.0150. The maximum Gasteiger partial charge on any atom is 0.264 e. The molecule has 3 nitrogen and oxygen atoms in total. The first-order chi connectivity index (χ1) is 11.1. The van der Waals surface area contributed by atoms with Crippen molar-refractivity contribution in [3.8, 4) is 0 Å². The van der Waals surface area contributed by atoms with E-state index in [9.17, 15) is 4.79 Å². The number of amides is 1. The molecule has 5 rings (SSSR count). The number of anilines is 1. The van der Waals surface area contributed by atoms with Crippen molar-refractivity contribution in [3.05, 3.63) is 70.8 Å². The highest BCUT2D eigenvalue weighted by Gasteiger charge is 2.38. The fourth-order valence-electron chi connectivity index (χ4n) is 3.62. The molecule has 2 aliphatic heterocycles. The highest BCUT2D eigenvalue weighted by molar-refractivity contribution is 6.40. The molecule has 0 saturated heterocycles. The molecule has 0 aromatic heterocycles. The van der Waals surface area contributed by atoms with Crippen LogP contribution in [0.5, 0.6) is 0 Å². The van der Waals surface area contributed by atoms with Gasteiger partial charge in [0.15, 0.2) is 0 Å². The number of aliphatic imine (C=N–C) groups is 1. The van der Waals surface area contributed by atoms with Crippen LogP contribution in [0.25, 0.3) is 10.8 Å². The summed E-state index contributed by atoms with van der Waals surface area (Å²) in [4.78, 5) is 19.5. The molecule has 0 unspecified atom stereocenters. The lowest BCUT2D eigenvalue weighted by Crippen LogP contribution is -2.31. The maximum absolute atomic E-state index is 12.9. The fourth-order valence-corrected chi connectivity index (χ4v) is 3.62. The summed E-state index contributed by atoms with van der Waals surface area (Å²) < 4.78 is 0. The average molecular weight is 298 g/mol. The highest BCUT2D eigenvalue weighted by atomic mass is 16.2. The van der Waals surface area contributed by atoms with E-state index in [2.05, 4.69) is 25.1 Å². The van der Waals surface area contributed by atoms with Crippen molar-refractivity contribution in [2.24, 2.45) is 4.99 Å². The van der Waals surface area contributed by atoms with Crippen LogP contribution >= 0.6 is 0 Å². The molecule has 2 heterocycles. The Kier molecular flexibility index (Phi) is 2.23. The fraction of sp³-hybridized carbons (Fsp3) is 0.100. The van der Waals surface area contributed by atoms with E-state index in [1.807, 2.05) is 37.3 Å². The first-order valence-electron chi connectivity index (χ1n) is 7.71. The number of amidine groups is 1. The van der Waals surface area contributed by atoms with Crippen molar-refractivity contribution in [2.45, 2.75) is 13.8 Å². The molecule has 0 fully saturated rings. The standard InChI is InChI=1S/C20H14N2O/c1-11-6-7-14-15(9-11)20(23)22-17-5-3-4-13-8-12(2)10-16(18(13)17)21-19(14)22/h3-10H,1-2H3. The third-order valence-corrected chi connectivity index (χ3v) is 4.61. The van der Waals surface area contributed by atoms with Crippen molar-refractivity contribution in [3.63, 3.8) is 0 Å². The quantitative estimate of drug-likeness (QED) is 0.601. The number of carbonyl (C=O) groups excluding carboxylic acids is 1. The molecular formula is C20H14N2O. The smallest absolute Gasteiger partial charge is 0.264 e. The number of hydrogen-bond acceptors (Lipinski definition) is 2. The Hall–Kier alpha value is -2.94. The van der Waals surface area contributed by atoms with E-state index in [0.29, 0.717) is 0 Å². The third kappa shape index (κ3) is 1.54. The van der Waals surface area contributed by atoms with Crippen LogP contribution < -0.4 is 4.90 Å². The van der Waals surface area contributed by atoms with Gasteiger partial charge in [-0.1, -0.05) is 35.9 Å². The molecule has 0 N–H and O–H groups in total. The van der Waals surface area contributed by atoms with Crippen LogP contribution in [0.1, 0.15) is 27.0 Å². The first-order valence-corrected chi connectivity index (χ1v) is 7.71. The molecule has 23 heavy (non-hydrogen) atoms. The first kappa shape index (κ1) is 12.6. The number of aryl methyl sites for hydroxylation is 2. The van der Waals surface area contributed by atoms with E-state index in [1.54, 1.807) is 4.90 Å². The van der Waals surface area contributed by atoms with Gasteiger partial charge in [-0.3, -0.25) is 9.69 Å². The lowest BCUT2D eigenvalue weighted by molar-refractivity contribution is 0.101. The molecule has 2 aliphatic rings. The monoisotopic (exact) mass is 298 g/mol. The van der Waals surface area contributed by atoms with E-state index >= 15 is 0 Å². The Labute approximate surface area is 133 Å². The molecule has 3 aromatic rings. The van der Waals surface area contributed by atoms with Gasteiger partial charge in [0, 0.05) is 10.9 Å². The van der Waals surface area contributed by atoms with Crippen LogP contribution in [-0.2, 0) is 0 Å². The second kappa shape index (κ2) is 4.07. The average Bonchev–Trinajstić information content (AvgIpc) is 2.80. The Morgan fingerprint density at radius 1 is 0.913 bits per heavy atom. The van der Waals surface area contributed by atoms with E-state index < -0.39 is 0 Å². The number of benzene rings is 3. The molecule has 0 radical (unpaired) electrons. The van der Waals surface area contributed by atoms with Crippen molar-refractivity contribution in [2.75, 3.05) is 4.90 Å². The molecule has 0 atom stereocenters. The van der Waals surface area contributed by atoms with Gasteiger partial charge in [-0.15, -0.1) is 0 Å². The van der Waals surface area contributed by atoms with Gasteiger partial charge < -0.3 is 0 Å². The molecule has 0 spiro atoms. The summed E-state index contributed by atoms with van der Waals surface area (Å²) in [7, 11) is 0. The van der Waals surface area contributed by atoms with Crippen LogP contribution in [0.15, 0.2) is 53.5 Å². The third-order valence-electron chi connectivity index (χ3n) is 4.61. The van der Waals surface area contributed by atoms with Crippen molar-refractivity contribution >= 4 is 33.9 Å². The Bertz CT molecular complexity index is 1060.